The van der Waals surface area contributed by atoms with Crippen molar-refractivity contribution in [1.29, 1.82) is 0 Å². The summed E-state index contributed by atoms with van der Waals surface area (Å²) in [5.41, 5.74) is 2.18. The molecule has 3 heterocycles. The summed E-state index contributed by atoms with van der Waals surface area (Å²) >= 11 is 0. The molecule has 3 rings (SSSR count). The van der Waals surface area contributed by atoms with Gasteiger partial charge in [-0.25, -0.2) is 4.98 Å². The first kappa shape index (κ1) is 12.4. The van der Waals surface area contributed by atoms with Crippen LogP contribution < -0.4 is 5.32 Å². The number of aromatic nitrogens is 3. The molecule has 0 aliphatic carbocycles. The van der Waals surface area contributed by atoms with Crippen LogP contribution in [0.1, 0.15) is 29.3 Å². The summed E-state index contributed by atoms with van der Waals surface area (Å²) in [5, 5.41) is 7.51. The molecule has 0 radical (unpaired) electrons. The quantitative estimate of drug-likeness (QED) is 0.911. The van der Waals surface area contributed by atoms with Crippen molar-refractivity contribution in [2.45, 2.75) is 39.8 Å². The summed E-state index contributed by atoms with van der Waals surface area (Å²) in [7, 11) is 0. The topological polar surface area (TPSA) is 55.9 Å². The molecule has 1 N–H and O–H groups in total. The largest absolute Gasteiger partial charge is 0.361 e. The zero-order valence-electron chi connectivity index (χ0n) is 11.5. The predicted octanol–water partition coefficient (Wildman–Crippen LogP) is 1.84. The summed E-state index contributed by atoms with van der Waals surface area (Å²) in [6.45, 7) is 6.90. The Hall–Kier alpha value is -1.62. The fourth-order valence-corrected chi connectivity index (χ4v) is 2.76. The third-order valence-electron chi connectivity index (χ3n) is 3.95. The lowest BCUT2D eigenvalue weighted by atomic mass is 9.99. The number of hydrogen-bond donors (Lipinski definition) is 1. The van der Waals surface area contributed by atoms with E-state index in [9.17, 15) is 0 Å². The van der Waals surface area contributed by atoms with E-state index < -0.39 is 0 Å². The molecule has 5 heteroatoms. The Labute approximate surface area is 113 Å². The molecule has 2 aromatic heterocycles. The van der Waals surface area contributed by atoms with E-state index in [1.807, 2.05) is 20.0 Å². The minimum Gasteiger partial charge on any atom is -0.361 e. The van der Waals surface area contributed by atoms with Crippen LogP contribution in [0.15, 0.2) is 16.9 Å². The Balaban J connectivity index is 1.51. The number of nitrogens with one attached hydrogen (secondary N) is 1. The number of aryl methyl sites for hydroxylation is 3. The Morgan fingerprint density at radius 1 is 1.47 bits per heavy atom. The van der Waals surface area contributed by atoms with Crippen molar-refractivity contribution in [3.8, 4) is 0 Å². The van der Waals surface area contributed by atoms with Gasteiger partial charge >= 0.3 is 0 Å². The number of imidazole rings is 1. The minimum absolute atomic E-state index is 0.683. The van der Waals surface area contributed by atoms with Crippen LogP contribution in [0, 0.1) is 19.8 Å². The summed E-state index contributed by atoms with van der Waals surface area (Å²) in [6.07, 6.45) is 6.28. The van der Waals surface area contributed by atoms with E-state index in [1.54, 1.807) is 0 Å². The van der Waals surface area contributed by atoms with Gasteiger partial charge in [-0.15, -0.1) is 0 Å². The molecule has 102 valence electrons. The summed E-state index contributed by atoms with van der Waals surface area (Å²) in [6, 6.07) is 0. The Morgan fingerprint density at radius 2 is 2.37 bits per heavy atom. The van der Waals surface area contributed by atoms with Crippen LogP contribution in [0.2, 0.25) is 0 Å². The molecular weight excluding hydrogens is 240 g/mol. The highest BCUT2D eigenvalue weighted by Crippen LogP contribution is 2.18. The van der Waals surface area contributed by atoms with Crippen molar-refractivity contribution in [3.63, 3.8) is 0 Å². The lowest BCUT2D eigenvalue weighted by Crippen LogP contribution is -2.29. The lowest BCUT2D eigenvalue weighted by Gasteiger charge is -2.24. The highest BCUT2D eigenvalue weighted by Gasteiger charge is 2.18. The molecule has 5 nitrogen and oxygen atoms in total. The molecule has 2 aromatic rings. The van der Waals surface area contributed by atoms with E-state index in [0.717, 1.165) is 37.5 Å². The van der Waals surface area contributed by atoms with Crippen molar-refractivity contribution < 1.29 is 4.52 Å². The normalized spacial score (nSPS) is 18.5. The second-order valence-corrected chi connectivity index (χ2v) is 5.33. The molecule has 1 aliphatic rings. The molecule has 0 amide bonds. The van der Waals surface area contributed by atoms with Gasteiger partial charge in [0.15, 0.2) is 0 Å². The zero-order chi connectivity index (χ0) is 13.2. The van der Waals surface area contributed by atoms with E-state index in [2.05, 4.69) is 26.2 Å². The van der Waals surface area contributed by atoms with E-state index in [-0.39, 0.29) is 0 Å². The van der Waals surface area contributed by atoms with Gasteiger partial charge in [0.25, 0.3) is 0 Å². The first-order valence-corrected chi connectivity index (χ1v) is 6.86. The summed E-state index contributed by atoms with van der Waals surface area (Å²) in [4.78, 5) is 4.36. The molecule has 0 unspecified atom stereocenters. The van der Waals surface area contributed by atoms with Crippen LogP contribution in [0.3, 0.4) is 0 Å². The molecule has 0 saturated heterocycles. The number of rotatable bonds is 4. The smallest absolute Gasteiger partial charge is 0.138 e. The molecule has 1 atom stereocenters. The van der Waals surface area contributed by atoms with Crippen LogP contribution in [0.25, 0.3) is 0 Å². The maximum Gasteiger partial charge on any atom is 0.138 e. The third kappa shape index (κ3) is 2.56. The van der Waals surface area contributed by atoms with Crippen LogP contribution in [-0.2, 0) is 19.5 Å². The van der Waals surface area contributed by atoms with Gasteiger partial charge in [-0.3, -0.25) is 0 Å². The van der Waals surface area contributed by atoms with Gasteiger partial charge in [0.1, 0.15) is 11.6 Å². The van der Waals surface area contributed by atoms with Gasteiger partial charge in [0, 0.05) is 37.5 Å². The van der Waals surface area contributed by atoms with Gasteiger partial charge in [0.05, 0.1) is 5.69 Å². The number of nitrogens with zero attached hydrogens (tertiary/aromatic N) is 3. The average Bonchev–Trinajstić information content (AvgIpc) is 2.99. The summed E-state index contributed by atoms with van der Waals surface area (Å²) < 4.78 is 7.44. The first-order valence-electron chi connectivity index (χ1n) is 6.86. The van der Waals surface area contributed by atoms with Crippen LogP contribution in [-0.4, -0.2) is 21.3 Å². The van der Waals surface area contributed by atoms with Crippen molar-refractivity contribution in [1.82, 2.24) is 20.0 Å². The highest BCUT2D eigenvalue weighted by molar-refractivity contribution is 5.20. The SMILES string of the molecule is Cc1noc(C)c1CNC[C@@H]1CCc2nccn2C1. The fourth-order valence-electron chi connectivity index (χ4n) is 2.76. The van der Waals surface area contributed by atoms with Crippen LogP contribution >= 0.6 is 0 Å². The molecule has 19 heavy (non-hydrogen) atoms. The molecule has 0 spiro atoms. The van der Waals surface area contributed by atoms with Crippen molar-refractivity contribution in [3.05, 3.63) is 35.2 Å². The zero-order valence-corrected chi connectivity index (χ0v) is 11.5. The predicted molar refractivity (Wildman–Crippen MR) is 71.7 cm³/mol. The maximum atomic E-state index is 5.17. The van der Waals surface area contributed by atoms with E-state index in [4.69, 9.17) is 4.52 Å². The second-order valence-electron chi connectivity index (χ2n) is 5.33. The summed E-state index contributed by atoms with van der Waals surface area (Å²) in [5.74, 6) is 2.83. The van der Waals surface area contributed by atoms with E-state index in [0.29, 0.717) is 5.92 Å². The van der Waals surface area contributed by atoms with Gasteiger partial charge in [0.2, 0.25) is 0 Å². The number of fused-ring (bicyclic) bond motifs is 1. The Morgan fingerprint density at radius 3 is 3.16 bits per heavy atom. The van der Waals surface area contributed by atoms with Crippen molar-refractivity contribution >= 4 is 0 Å². The van der Waals surface area contributed by atoms with Gasteiger partial charge in [-0.2, -0.15) is 0 Å². The first-order chi connectivity index (χ1) is 9.24. The Kier molecular flexibility index (Phi) is 3.38. The fraction of sp³-hybridized carbons (Fsp3) is 0.571. The lowest BCUT2D eigenvalue weighted by molar-refractivity contribution is 0.346. The third-order valence-corrected chi connectivity index (χ3v) is 3.95. The molecule has 1 aliphatic heterocycles. The van der Waals surface area contributed by atoms with E-state index in [1.165, 1.54) is 17.8 Å². The van der Waals surface area contributed by atoms with E-state index >= 15 is 0 Å². The molecular formula is C14H20N4O. The molecule has 0 bridgehead atoms. The van der Waals surface area contributed by atoms with Gasteiger partial charge in [-0.1, -0.05) is 5.16 Å². The monoisotopic (exact) mass is 260 g/mol. The molecule has 0 aromatic carbocycles. The van der Waals surface area contributed by atoms with Crippen LogP contribution in [0.4, 0.5) is 0 Å². The maximum absolute atomic E-state index is 5.17. The number of hydrogen-bond acceptors (Lipinski definition) is 4. The molecule has 0 saturated carbocycles. The van der Waals surface area contributed by atoms with Crippen LogP contribution in [0.5, 0.6) is 0 Å². The Bertz CT molecular complexity index is 538. The average molecular weight is 260 g/mol. The van der Waals surface area contributed by atoms with Crippen molar-refractivity contribution in [2.24, 2.45) is 5.92 Å². The second kappa shape index (κ2) is 5.17. The van der Waals surface area contributed by atoms with Gasteiger partial charge < -0.3 is 14.4 Å². The highest BCUT2D eigenvalue weighted by atomic mass is 16.5. The van der Waals surface area contributed by atoms with Gasteiger partial charge in [-0.05, 0) is 32.7 Å². The minimum atomic E-state index is 0.683. The standard InChI is InChI=1S/C14H20N4O/c1-10-13(11(2)19-17-10)8-15-7-12-3-4-14-16-5-6-18(14)9-12/h5-6,12,15H,3-4,7-9H2,1-2H3/t12-/m0/s1. The molecule has 0 fully saturated rings. The van der Waals surface area contributed by atoms with Crippen molar-refractivity contribution in [2.75, 3.05) is 6.54 Å².